The van der Waals surface area contributed by atoms with Gasteiger partial charge >= 0.3 is 0 Å². The van der Waals surface area contributed by atoms with Crippen molar-refractivity contribution >= 4 is 16.6 Å². The summed E-state index contributed by atoms with van der Waals surface area (Å²) in [5.74, 6) is -0.0337. The van der Waals surface area contributed by atoms with Crippen LogP contribution in [0.5, 0.6) is 0 Å². The van der Waals surface area contributed by atoms with Gasteiger partial charge in [0.1, 0.15) is 5.60 Å². The molecule has 1 heterocycles. The Hall–Kier alpha value is -1.74. The van der Waals surface area contributed by atoms with Gasteiger partial charge in [-0.3, -0.25) is 9.78 Å². The summed E-state index contributed by atoms with van der Waals surface area (Å²) in [4.78, 5) is 16.6. The number of benzene rings is 1. The summed E-state index contributed by atoms with van der Waals surface area (Å²) in [6, 6.07) is 7.75. The zero-order valence-electron chi connectivity index (χ0n) is 10.9. The number of hydrogen-bond donors (Lipinski definition) is 0. The molecule has 0 saturated heterocycles. The van der Waals surface area contributed by atoms with Crippen LogP contribution in [0, 0.1) is 0 Å². The molecule has 0 radical (unpaired) electrons. The third-order valence-electron chi connectivity index (χ3n) is 2.96. The van der Waals surface area contributed by atoms with E-state index in [-0.39, 0.29) is 5.78 Å². The van der Waals surface area contributed by atoms with E-state index in [9.17, 15) is 4.79 Å². The van der Waals surface area contributed by atoms with Crippen molar-refractivity contribution in [3.63, 3.8) is 0 Å². The molecule has 0 N–H and O–H groups in total. The van der Waals surface area contributed by atoms with E-state index >= 15 is 0 Å². The standard InChI is InChI=1S/C15H17NO2/c1-4-18-15(2,3)14(17)13-10-16-9-11-7-5-6-8-12(11)13/h5-10H,4H2,1-3H3. The van der Waals surface area contributed by atoms with Crippen LogP contribution in [0.3, 0.4) is 0 Å². The smallest absolute Gasteiger partial charge is 0.196 e. The zero-order valence-corrected chi connectivity index (χ0v) is 10.9. The molecule has 0 fully saturated rings. The predicted octanol–water partition coefficient (Wildman–Crippen LogP) is 3.23. The van der Waals surface area contributed by atoms with E-state index in [1.165, 1.54) is 0 Å². The van der Waals surface area contributed by atoms with Gasteiger partial charge in [0.2, 0.25) is 0 Å². The van der Waals surface area contributed by atoms with Crippen molar-refractivity contribution in [2.75, 3.05) is 6.61 Å². The summed E-state index contributed by atoms with van der Waals surface area (Å²) >= 11 is 0. The van der Waals surface area contributed by atoms with Gasteiger partial charge < -0.3 is 4.74 Å². The molecule has 18 heavy (non-hydrogen) atoms. The molecule has 0 bridgehead atoms. The Balaban J connectivity index is 2.51. The van der Waals surface area contributed by atoms with Crippen molar-refractivity contribution in [2.45, 2.75) is 26.4 Å². The molecule has 2 rings (SSSR count). The lowest BCUT2D eigenvalue weighted by molar-refractivity contribution is 0.00136. The van der Waals surface area contributed by atoms with Gasteiger partial charge in [-0.05, 0) is 26.2 Å². The molecule has 0 amide bonds. The van der Waals surface area contributed by atoms with Crippen molar-refractivity contribution in [1.82, 2.24) is 4.98 Å². The Morgan fingerprint density at radius 2 is 2.00 bits per heavy atom. The minimum atomic E-state index is -0.819. The Bertz CT molecular complexity index is 570. The first-order chi connectivity index (χ1) is 8.56. The molecule has 0 unspecified atom stereocenters. The molecule has 0 aliphatic carbocycles. The fraction of sp³-hybridized carbons (Fsp3) is 0.333. The van der Waals surface area contributed by atoms with Crippen molar-refractivity contribution in [1.29, 1.82) is 0 Å². The van der Waals surface area contributed by atoms with Gasteiger partial charge in [0.15, 0.2) is 5.78 Å². The highest BCUT2D eigenvalue weighted by Crippen LogP contribution is 2.23. The lowest BCUT2D eigenvalue weighted by Crippen LogP contribution is -2.35. The van der Waals surface area contributed by atoms with Crippen LogP contribution in [0.2, 0.25) is 0 Å². The van der Waals surface area contributed by atoms with Gasteiger partial charge in [-0.15, -0.1) is 0 Å². The topological polar surface area (TPSA) is 39.2 Å². The van der Waals surface area contributed by atoms with E-state index in [0.717, 1.165) is 10.8 Å². The van der Waals surface area contributed by atoms with Crippen LogP contribution in [0.4, 0.5) is 0 Å². The van der Waals surface area contributed by atoms with E-state index in [2.05, 4.69) is 4.98 Å². The van der Waals surface area contributed by atoms with Crippen LogP contribution in [0.1, 0.15) is 31.1 Å². The first-order valence-electron chi connectivity index (χ1n) is 6.08. The zero-order chi connectivity index (χ0) is 13.2. The number of rotatable bonds is 4. The van der Waals surface area contributed by atoms with Crippen LogP contribution in [-0.2, 0) is 4.74 Å². The Labute approximate surface area is 107 Å². The van der Waals surface area contributed by atoms with Gasteiger partial charge in [-0.25, -0.2) is 0 Å². The summed E-state index contributed by atoms with van der Waals surface area (Å²) < 4.78 is 5.52. The maximum absolute atomic E-state index is 12.5. The third kappa shape index (κ3) is 2.27. The molecular formula is C15H17NO2. The van der Waals surface area contributed by atoms with Crippen LogP contribution in [0.15, 0.2) is 36.7 Å². The van der Waals surface area contributed by atoms with Crippen molar-refractivity contribution in [3.05, 3.63) is 42.2 Å². The fourth-order valence-electron chi connectivity index (χ4n) is 2.05. The normalized spacial score (nSPS) is 11.7. The summed E-state index contributed by atoms with van der Waals surface area (Å²) in [5, 5.41) is 1.89. The highest BCUT2D eigenvalue weighted by Gasteiger charge is 2.30. The second kappa shape index (κ2) is 4.86. The summed E-state index contributed by atoms with van der Waals surface area (Å²) in [7, 11) is 0. The molecule has 3 heteroatoms. The Morgan fingerprint density at radius 1 is 1.28 bits per heavy atom. The SMILES string of the molecule is CCOC(C)(C)C(=O)c1cncc2ccccc12. The van der Waals surface area contributed by atoms with Crippen molar-refractivity contribution < 1.29 is 9.53 Å². The monoisotopic (exact) mass is 243 g/mol. The molecule has 1 aromatic heterocycles. The first-order valence-corrected chi connectivity index (χ1v) is 6.08. The lowest BCUT2D eigenvalue weighted by atomic mass is 9.94. The number of aromatic nitrogens is 1. The largest absolute Gasteiger partial charge is 0.368 e. The summed E-state index contributed by atoms with van der Waals surface area (Å²) in [5.41, 5.74) is -0.202. The molecular weight excluding hydrogens is 226 g/mol. The van der Waals surface area contributed by atoms with E-state index in [1.807, 2.05) is 31.2 Å². The molecule has 2 aromatic rings. The number of ether oxygens (including phenoxy) is 1. The first kappa shape index (κ1) is 12.7. The highest BCUT2D eigenvalue weighted by molar-refractivity contribution is 6.11. The number of ketones is 1. The number of pyridine rings is 1. The van der Waals surface area contributed by atoms with Gasteiger partial charge in [0.05, 0.1) is 0 Å². The number of carbonyl (C=O) groups excluding carboxylic acids is 1. The second-order valence-electron chi connectivity index (χ2n) is 4.68. The molecule has 0 aliphatic heterocycles. The van der Waals surface area contributed by atoms with Gasteiger partial charge in [-0.1, -0.05) is 24.3 Å². The quantitative estimate of drug-likeness (QED) is 0.774. The Morgan fingerprint density at radius 3 is 2.72 bits per heavy atom. The number of Topliss-reactive ketones (excluding diaryl/α,β-unsaturated/α-hetero) is 1. The number of hydrogen-bond acceptors (Lipinski definition) is 3. The molecule has 0 saturated carbocycles. The second-order valence-corrected chi connectivity index (χ2v) is 4.68. The van der Waals surface area contributed by atoms with E-state index in [0.29, 0.717) is 12.2 Å². The van der Waals surface area contributed by atoms with E-state index in [1.54, 1.807) is 26.2 Å². The van der Waals surface area contributed by atoms with E-state index < -0.39 is 5.60 Å². The van der Waals surface area contributed by atoms with Gasteiger partial charge in [0.25, 0.3) is 0 Å². The summed E-state index contributed by atoms with van der Waals surface area (Å²) in [6.45, 7) is 5.98. The molecule has 1 aromatic carbocycles. The third-order valence-corrected chi connectivity index (χ3v) is 2.96. The highest BCUT2D eigenvalue weighted by atomic mass is 16.5. The maximum Gasteiger partial charge on any atom is 0.196 e. The van der Waals surface area contributed by atoms with Crippen LogP contribution >= 0.6 is 0 Å². The number of nitrogens with zero attached hydrogens (tertiary/aromatic N) is 1. The summed E-state index contributed by atoms with van der Waals surface area (Å²) in [6.07, 6.45) is 3.38. The van der Waals surface area contributed by atoms with E-state index in [4.69, 9.17) is 4.74 Å². The number of carbonyl (C=O) groups is 1. The molecule has 0 atom stereocenters. The maximum atomic E-state index is 12.5. The van der Waals surface area contributed by atoms with Gasteiger partial charge in [0, 0.05) is 30.0 Å². The number of fused-ring (bicyclic) bond motifs is 1. The minimum Gasteiger partial charge on any atom is -0.368 e. The fourth-order valence-corrected chi connectivity index (χ4v) is 2.05. The van der Waals surface area contributed by atoms with Crippen LogP contribution in [-0.4, -0.2) is 23.0 Å². The average molecular weight is 243 g/mol. The molecule has 0 aliphatic rings. The molecule has 0 spiro atoms. The molecule has 3 nitrogen and oxygen atoms in total. The Kier molecular flexibility index (Phi) is 3.43. The van der Waals surface area contributed by atoms with Crippen molar-refractivity contribution in [2.24, 2.45) is 0 Å². The van der Waals surface area contributed by atoms with Crippen LogP contribution < -0.4 is 0 Å². The lowest BCUT2D eigenvalue weighted by Gasteiger charge is -2.23. The molecule has 94 valence electrons. The predicted molar refractivity (Wildman–Crippen MR) is 71.8 cm³/mol. The van der Waals surface area contributed by atoms with Crippen molar-refractivity contribution in [3.8, 4) is 0 Å². The average Bonchev–Trinajstić information content (AvgIpc) is 2.37. The minimum absolute atomic E-state index is 0.0337. The van der Waals surface area contributed by atoms with Crippen LogP contribution in [0.25, 0.3) is 10.8 Å². The van der Waals surface area contributed by atoms with Gasteiger partial charge in [-0.2, -0.15) is 0 Å².